The summed E-state index contributed by atoms with van der Waals surface area (Å²) in [5, 5.41) is 0. The van der Waals surface area contributed by atoms with Crippen molar-refractivity contribution in [3.8, 4) is 0 Å². The third-order valence-electron chi connectivity index (χ3n) is 2.86. The fourth-order valence-electron chi connectivity index (χ4n) is 2.13. The molecule has 0 bridgehead atoms. The van der Waals surface area contributed by atoms with Crippen LogP contribution < -0.4 is 0 Å². The molecule has 0 spiro atoms. The van der Waals surface area contributed by atoms with E-state index in [-0.39, 0.29) is 12.0 Å². The van der Waals surface area contributed by atoms with E-state index in [1.165, 1.54) is 11.8 Å². The fourth-order valence-corrected chi connectivity index (χ4v) is 2.13. The Morgan fingerprint density at radius 2 is 2.31 bits per heavy atom. The van der Waals surface area contributed by atoms with Gasteiger partial charge in [0.25, 0.3) is 0 Å². The van der Waals surface area contributed by atoms with E-state index in [0.717, 1.165) is 19.3 Å². The molecule has 0 aromatic heterocycles. The van der Waals surface area contributed by atoms with Crippen LogP contribution in [0, 0.1) is 5.92 Å². The number of ether oxygens (including phenoxy) is 1. The van der Waals surface area contributed by atoms with E-state index in [1.807, 2.05) is 0 Å². The summed E-state index contributed by atoms with van der Waals surface area (Å²) in [5.41, 5.74) is 0. The molecule has 1 saturated heterocycles. The minimum absolute atomic E-state index is 0.0723. The molecule has 0 aromatic rings. The normalized spacial score (nSPS) is 32.7. The molecule has 0 radical (unpaired) electrons. The lowest BCUT2D eigenvalue weighted by Gasteiger charge is -2.32. The maximum absolute atomic E-state index is 11.3. The Morgan fingerprint density at radius 3 is 3.00 bits per heavy atom. The molecule has 2 rings (SSSR count). The van der Waals surface area contributed by atoms with E-state index in [0.29, 0.717) is 12.5 Å². The maximum atomic E-state index is 11.3. The van der Waals surface area contributed by atoms with Gasteiger partial charge in [-0.05, 0) is 19.3 Å². The van der Waals surface area contributed by atoms with Crippen LogP contribution >= 0.6 is 0 Å². The molecule has 0 unspecified atom stereocenters. The molecule has 4 nitrogen and oxygen atoms in total. The summed E-state index contributed by atoms with van der Waals surface area (Å²) in [5.74, 6) is 0.164. The van der Waals surface area contributed by atoms with Crippen LogP contribution in [0.4, 0.5) is 4.79 Å². The summed E-state index contributed by atoms with van der Waals surface area (Å²) >= 11 is 0. The van der Waals surface area contributed by atoms with Gasteiger partial charge >= 0.3 is 6.09 Å². The third-order valence-corrected chi connectivity index (χ3v) is 2.86. The molecule has 4 heteroatoms. The minimum Gasteiger partial charge on any atom is -0.445 e. The molecule has 1 aliphatic carbocycles. The number of rotatable bonds is 0. The highest BCUT2D eigenvalue weighted by atomic mass is 16.6. The van der Waals surface area contributed by atoms with Crippen molar-refractivity contribution >= 4 is 12.0 Å². The molecule has 1 aliphatic heterocycles. The van der Waals surface area contributed by atoms with Crippen LogP contribution in [0.2, 0.25) is 0 Å². The first kappa shape index (κ1) is 8.53. The highest BCUT2D eigenvalue weighted by Gasteiger charge is 2.39. The lowest BCUT2D eigenvalue weighted by molar-refractivity contribution is -0.131. The zero-order chi connectivity index (χ0) is 9.42. The summed E-state index contributed by atoms with van der Waals surface area (Å²) in [4.78, 5) is 23.5. The maximum Gasteiger partial charge on any atom is 0.416 e. The molecule has 0 aromatic carbocycles. The number of hydrogen-bond acceptors (Lipinski definition) is 3. The predicted octanol–water partition coefficient (Wildman–Crippen LogP) is 1.15. The second-order valence-corrected chi connectivity index (χ2v) is 3.74. The van der Waals surface area contributed by atoms with Gasteiger partial charge in [-0.2, -0.15) is 0 Å². The Kier molecular flexibility index (Phi) is 1.98. The Hall–Kier alpha value is -1.06. The second-order valence-electron chi connectivity index (χ2n) is 3.74. The average molecular weight is 183 g/mol. The highest BCUT2D eigenvalue weighted by molar-refractivity contribution is 5.91. The predicted molar refractivity (Wildman–Crippen MR) is 45.0 cm³/mol. The molecule has 72 valence electrons. The van der Waals surface area contributed by atoms with Gasteiger partial charge in [-0.15, -0.1) is 0 Å². The number of fused-ring (bicyclic) bond motifs is 1. The first-order valence-electron chi connectivity index (χ1n) is 4.67. The number of amides is 2. The molecule has 13 heavy (non-hydrogen) atoms. The molecule has 1 saturated carbocycles. The van der Waals surface area contributed by atoms with E-state index >= 15 is 0 Å². The van der Waals surface area contributed by atoms with Crippen LogP contribution in [-0.2, 0) is 9.53 Å². The van der Waals surface area contributed by atoms with Gasteiger partial charge in [-0.1, -0.05) is 0 Å². The summed E-state index contributed by atoms with van der Waals surface area (Å²) < 4.78 is 5.15. The van der Waals surface area contributed by atoms with Gasteiger partial charge in [0.05, 0.1) is 0 Å². The SMILES string of the molecule is CC(=O)N1C[C@@H]2CCC[C@@H]2OC1=O. The van der Waals surface area contributed by atoms with Gasteiger partial charge in [0.15, 0.2) is 0 Å². The molecule has 2 amide bonds. The monoisotopic (exact) mass is 183 g/mol. The van der Waals surface area contributed by atoms with Crippen molar-refractivity contribution in [1.82, 2.24) is 4.90 Å². The zero-order valence-corrected chi connectivity index (χ0v) is 7.66. The van der Waals surface area contributed by atoms with E-state index in [2.05, 4.69) is 0 Å². The zero-order valence-electron chi connectivity index (χ0n) is 7.66. The molecule has 2 atom stereocenters. The minimum atomic E-state index is -0.462. The largest absolute Gasteiger partial charge is 0.445 e. The van der Waals surface area contributed by atoms with Crippen LogP contribution in [-0.4, -0.2) is 29.5 Å². The molecular formula is C9H13NO3. The van der Waals surface area contributed by atoms with Crippen LogP contribution in [0.15, 0.2) is 0 Å². The number of nitrogens with zero attached hydrogens (tertiary/aromatic N) is 1. The van der Waals surface area contributed by atoms with Crippen LogP contribution in [0.5, 0.6) is 0 Å². The Labute approximate surface area is 76.8 Å². The van der Waals surface area contributed by atoms with Crippen LogP contribution in [0.3, 0.4) is 0 Å². The number of carbonyl (C=O) groups is 2. The van der Waals surface area contributed by atoms with Gasteiger partial charge in [0.1, 0.15) is 6.10 Å². The van der Waals surface area contributed by atoms with Crippen molar-refractivity contribution in [2.24, 2.45) is 5.92 Å². The molecule has 0 N–H and O–H groups in total. The van der Waals surface area contributed by atoms with E-state index in [9.17, 15) is 9.59 Å². The summed E-state index contributed by atoms with van der Waals surface area (Å²) in [7, 11) is 0. The Morgan fingerprint density at radius 1 is 1.54 bits per heavy atom. The fraction of sp³-hybridized carbons (Fsp3) is 0.778. The Balaban J connectivity index is 2.09. The topological polar surface area (TPSA) is 46.6 Å². The quantitative estimate of drug-likeness (QED) is 0.566. The number of imide groups is 1. The summed E-state index contributed by atoms with van der Waals surface area (Å²) in [6.07, 6.45) is 2.75. The van der Waals surface area contributed by atoms with Gasteiger partial charge in [-0.3, -0.25) is 4.79 Å². The number of carbonyl (C=O) groups excluding carboxylic acids is 2. The van der Waals surface area contributed by atoms with Gasteiger partial charge in [-0.25, -0.2) is 9.69 Å². The van der Waals surface area contributed by atoms with Crippen LogP contribution in [0.1, 0.15) is 26.2 Å². The third kappa shape index (κ3) is 1.41. The second kappa shape index (κ2) is 3.01. The lowest BCUT2D eigenvalue weighted by atomic mass is 10.0. The lowest BCUT2D eigenvalue weighted by Crippen LogP contribution is -2.48. The highest BCUT2D eigenvalue weighted by Crippen LogP contribution is 2.32. The van der Waals surface area contributed by atoms with Crippen molar-refractivity contribution in [2.75, 3.05) is 6.54 Å². The van der Waals surface area contributed by atoms with Gasteiger partial charge in [0.2, 0.25) is 5.91 Å². The van der Waals surface area contributed by atoms with Gasteiger partial charge in [0, 0.05) is 19.4 Å². The summed E-state index contributed by atoms with van der Waals surface area (Å²) in [6.45, 7) is 1.95. The van der Waals surface area contributed by atoms with Crippen LogP contribution in [0.25, 0.3) is 0 Å². The van der Waals surface area contributed by atoms with E-state index in [1.54, 1.807) is 0 Å². The van der Waals surface area contributed by atoms with Gasteiger partial charge < -0.3 is 4.74 Å². The van der Waals surface area contributed by atoms with Crippen molar-refractivity contribution in [3.05, 3.63) is 0 Å². The molecular weight excluding hydrogens is 170 g/mol. The average Bonchev–Trinajstić information content (AvgIpc) is 2.48. The van der Waals surface area contributed by atoms with Crippen molar-refractivity contribution in [2.45, 2.75) is 32.3 Å². The van der Waals surface area contributed by atoms with Crippen molar-refractivity contribution in [3.63, 3.8) is 0 Å². The standard InChI is InChI=1S/C9H13NO3/c1-6(11)10-5-7-3-2-4-8(7)13-9(10)12/h7-8H,2-5H2,1H3/t7-,8-/m0/s1. The molecule has 2 fully saturated rings. The first-order valence-corrected chi connectivity index (χ1v) is 4.67. The first-order chi connectivity index (χ1) is 6.18. The molecule has 1 heterocycles. The number of hydrogen-bond donors (Lipinski definition) is 0. The Bertz CT molecular complexity index is 251. The van der Waals surface area contributed by atoms with E-state index in [4.69, 9.17) is 4.74 Å². The summed E-state index contributed by atoms with van der Waals surface area (Å²) in [6, 6.07) is 0. The van der Waals surface area contributed by atoms with E-state index < -0.39 is 6.09 Å². The van der Waals surface area contributed by atoms with Crippen molar-refractivity contribution in [1.29, 1.82) is 0 Å². The molecule has 2 aliphatic rings. The smallest absolute Gasteiger partial charge is 0.416 e. The van der Waals surface area contributed by atoms with Crippen molar-refractivity contribution < 1.29 is 14.3 Å².